The highest BCUT2D eigenvalue weighted by molar-refractivity contribution is 5.94. The molecule has 258 valence electrons. The van der Waals surface area contributed by atoms with Crippen molar-refractivity contribution in [1.82, 2.24) is 0 Å². The van der Waals surface area contributed by atoms with E-state index < -0.39 is 12.1 Å². The van der Waals surface area contributed by atoms with Gasteiger partial charge in [-0.15, -0.1) is 0 Å². The molecule has 11 nitrogen and oxygen atoms in total. The Labute approximate surface area is 281 Å². The molecule has 1 unspecified atom stereocenters. The van der Waals surface area contributed by atoms with Crippen LogP contribution < -0.4 is 37.9 Å². The monoisotopic (exact) mass is 664 g/mol. The zero-order valence-electron chi connectivity index (χ0n) is 28.9. The highest BCUT2D eigenvalue weighted by Gasteiger charge is 2.22. The minimum absolute atomic E-state index is 0.101. The van der Waals surface area contributed by atoms with Crippen molar-refractivity contribution in [2.75, 3.05) is 56.9 Å². The van der Waals surface area contributed by atoms with E-state index in [4.69, 9.17) is 42.6 Å². The normalized spacial score (nSPS) is 12.3. The van der Waals surface area contributed by atoms with Crippen molar-refractivity contribution in [3.63, 3.8) is 0 Å². The van der Waals surface area contributed by atoms with Crippen LogP contribution in [0.4, 0.5) is 0 Å². The maximum absolute atomic E-state index is 13.2. The van der Waals surface area contributed by atoms with Gasteiger partial charge in [0.05, 0.1) is 56.9 Å². The number of rotatable bonds is 18. The summed E-state index contributed by atoms with van der Waals surface area (Å²) in [4.78, 5) is 26.2. The van der Waals surface area contributed by atoms with Crippen LogP contribution in [0.5, 0.6) is 46.0 Å². The number of benzene rings is 3. The first kappa shape index (κ1) is 37.1. The van der Waals surface area contributed by atoms with Gasteiger partial charge in [-0.1, -0.05) is 19.1 Å². The summed E-state index contributed by atoms with van der Waals surface area (Å²) in [5.41, 5.74) is 2.04. The lowest BCUT2D eigenvalue weighted by Crippen LogP contribution is -2.15. The van der Waals surface area contributed by atoms with E-state index >= 15 is 0 Å². The fraction of sp³-hybridized carbons (Fsp3) is 0.351. The minimum Gasteiger partial charge on any atom is -0.493 e. The second-order valence-corrected chi connectivity index (χ2v) is 10.6. The van der Waals surface area contributed by atoms with Gasteiger partial charge in [0.15, 0.2) is 40.3 Å². The van der Waals surface area contributed by atoms with Crippen LogP contribution in [0.25, 0.3) is 12.2 Å². The highest BCUT2D eigenvalue weighted by Crippen LogP contribution is 2.40. The summed E-state index contributed by atoms with van der Waals surface area (Å²) < 4.78 is 49.2. The van der Waals surface area contributed by atoms with Crippen molar-refractivity contribution in [2.45, 2.75) is 25.9 Å². The van der Waals surface area contributed by atoms with Crippen LogP contribution in [-0.2, 0) is 14.3 Å². The maximum atomic E-state index is 13.2. The number of ether oxygens (including phenoxy) is 9. The summed E-state index contributed by atoms with van der Waals surface area (Å²) in [6.07, 6.45) is 6.01. The summed E-state index contributed by atoms with van der Waals surface area (Å²) in [6.45, 7) is 1.93. The number of hydrogen-bond donors (Lipinski definition) is 0. The number of ketones is 1. The van der Waals surface area contributed by atoms with Gasteiger partial charge in [-0.25, -0.2) is 4.79 Å². The topological polar surface area (TPSA) is 117 Å². The molecule has 0 amide bonds. The van der Waals surface area contributed by atoms with Crippen molar-refractivity contribution < 1.29 is 52.2 Å². The van der Waals surface area contributed by atoms with Crippen LogP contribution in [0.15, 0.2) is 54.6 Å². The predicted molar refractivity (Wildman–Crippen MR) is 182 cm³/mol. The molecule has 11 heteroatoms. The SMILES string of the molecule is COc1ccc([C@@H](CC(C)CC(=O)/C=C/c2cc(OC)c(OC)c(OC)c2)OC(=O)/C=C/c2cc(OC)c(OC)c(OC)c2)cc1OC. The molecule has 0 spiro atoms. The lowest BCUT2D eigenvalue weighted by atomic mass is 9.93. The third kappa shape index (κ3) is 9.60. The molecule has 0 fully saturated rings. The lowest BCUT2D eigenvalue weighted by Gasteiger charge is -2.22. The van der Waals surface area contributed by atoms with Crippen LogP contribution >= 0.6 is 0 Å². The Balaban J connectivity index is 1.81. The van der Waals surface area contributed by atoms with Gasteiger partial charge in [0.25, 0.3) is 0 Å². The Morgan fingerprint density at radius 2 is 1.04 bits per heavy atom. The Kier molecular flexibility index (Phi) is 14.0. The van der Waals surface area contributed by atoms with Gasteiger partial charge in [-0.2, -0.15) is 0 Å². The fourth-order valence-corrected chi connectivity index (χ4v) is 5.09. The molecule has 0 aliphatic rings. The Morgan fingerprint density at radius 1 is 0.583 bits per heavy atom. The number of hydrogen-bond acceptors (Lipinski definition) is 11. The third-order valence-corrected chi connectivity index (χ3v) is 7.45. The van der Waals surface area contributed by atoms with Gasteiger partial charge in [0, 0.05) is 12.5 Å². The molecule has 3 rings (SSSR count). The predicted octanol–water partition coefficient (Wildman–Crippen LogP) is 6.75. The van der Waals surface area contributed by atoms with E-state index in [2.05, 4.69) is 0 Å². The van der Waals surface area contributed by atoms with Crippen molar-refractivity contribution in [3.05, 3.63) is 71.3 Å². The summed E-state index contributed by atoms with van der Waals surface area (Å²) >= 11 is 0. The lowest BCUT2D eigenvalue weighted by molar-refractivity contribution is -0.144. The van der Waals surface area contributed by atoms with Gasteiger partial charge < -0.3 is 42.6 Å². The van der Waals surface area contributed by atoms with E-state index in [0.717, 1.165) is 0 Å². The third-order valence-electron chi connectivity index (χ3n) is 7.45. The van der Waals surface area contributed by atoms with E-state index in [9.17, 15) is 9.59 Å². The number of carbonyl (C=O) groups is 2. The van der Waals surface area contributed by atoms with Crippen molar-refractivity contribution in [2.24, 2.45) is 5.92 Å². The second kappa shape index (κ2) is 18.1. The van der Waals surface area contributed by atoms with Gasteiger partial charge >= 0.3 is 5.97 Å². The van der Waals surface area contributed by atoms with Crippen molar-refractivity contribution >= 4 is 23.9 Å². The van der Waals surface area contributed by atoms with Crippen LogP contribution in [0.2, 0.25) is 0 Å². The maximum Gasteiger partial charge on any atom is 0.331 e. The number of methoxy groups -OCH3 is 8. The molecule has 2 atom stereocenters. The van der Waals surface area contributed by atoms with E-state index in [-0.39, 0.29) is 18.1 Å². The standard InChI is InChI=1S/C37H44O11/c1-23(16-27(38)13-10-24-18-31(42-4)36(46-8)32(19-24)43-5)17-29(26-12-14-28(40-2)30(22-26)41-3)48-35(39)15-11-25-20-33(44-6)37(47-9)34(21-25)45-7/h10-15,18-23,29H,16-17H2,1-9H3/b13-10+,15-11+/t23?,29-/m1/s1. The van der Waals surface area contributed by atoms with Gasteiger partial charge in [-0.05, 0) is 77.6 Å². The quantitative estimate of drug-likeness (QED) is 0.106. The van der Waals surface area contributed by atoms with Crippen molar-refractivity contribution in [3.8, 4) is 46.0 Å². The van der Waals surface area contributed by atoms with Gasteiger partial charge in [-0.3, -0.25) is 4.79 Å². The molecule has 3 aromatic rings. The number of carbonyl (C=O) groups excluding carboxylic acids is 2. The Bertz CT molecular complexity index is 1560. The molecule has 0 bridgehead atoms. The molecule has 0 N–H and O–H groups in total. The van der Waals surface area contributed by atoms with Crippen LogP contribution in [-0.4, -0.2) is 68.6 Å². The molecule has 0 saturated carbocycles. The largest absolute Gasteiger partial charge is 0.493 e. The second-order valence-electron chi connectivity index (χ2n) is 10.6. The fourth-order valence-electron chi connectivity index (χ4n) is 5.09. The first-order valence-corrected chi connectivity index (χ1v) is 15.1. The molecule has 0 aliphatic heterocycles. The number of allylic oxidation sites excluding steroid dienone is 1. The van der Waals surface area contributed by atoms with Crippen LogP contribution in [0.3, 0.4) is 0 Å². The first-order chi connectivity index (χ1) is 23.1. The average molecular weight is 665 g/mol. The molecule has 0 radical (unpaired) electrons. The molecule has 0 aliphatic carbocycles. The van der Waals surface area contributed by atoms with Gasteiger partial charge in [0.1, 0.15) is 6.10 Å². The van der Waals surface area contributed by atoms with E-state index in [0.29, 0.717) is 69.1 Å². The zero-order chi connectivity index (χ0) is 35.2. The molecular weight excluding hydrogens is 620 g/mol. The summed E-state index contributed by atoms with van der Waals surface area (Å²) in [5.74, 6) is 2.95. The zero-order valence-corrected chi connectivity index (χ0v) is 28.9. The first-order valence-electron chi connectivity index (χ1n) is 15.1. The highest BCUT2D eigenvalue weighted by atomic mass is 16.5. The smallest absolute Gasteiger partial charge is 0.331 e. The summed E-state index contributed by atoms with van der Waals surface area (Å²) in [7, 11) is 12.2. The van der Waals surface area contributed by atoms with Crippen LogP contribution in [0, 0.1) is 5.92 Å². The van der Waals surface area contributed by atoms with Crippen LogP contribution in [0.1, 0.15) is 42.6 Å². The number of esters is 1. The van der Waals surface area contributed by atoms with E-state index in [1.807, 2.05) is 6.92 Å². The molecule has 48 heavy (non-hydrogen) atoms. The minimum atomic E-state index is -0.691. The Morgan fingerprint density at radius 3 is 1.48 bits per heavy atom. The molecule has 3 aromatic carbocycles. The van der Waals surface area contributed by atoms with Crippen molar-refractivity contribution in [1.29, 1.82) is 0 Å². The average Bonchev–Trinajstić information content (AvgIpc) is 3.11. The van der Waals surface area contributed by atoms with E-state index in [1.54, 1.807) is 61.7 Å². The summed E-state index contributed by atoms with van der Waals surface area (Å²) in [6, 6.07) is 12.3. The molecule has 0 aromatic heterocycles. The summed E-state index contributed by atoms with van der Waals surface area (Å²) in [5, 5.41) is 0. The molecule has 0 heterocycles. The van der Waals surface area contributed by atoms with Gasteiger partial charge in [0.2, 0.25) is 11.5 Å². The molecular formula is C37H44O11. The molecule has 0 saturated heterocycles. The Hall–Kier alpha value is -5.32. The van der Waals surface area contributed by atoms with E-state index in [1.165, 1.54) is 61.9 Å².